The lowest BCUT2D eigenvalue weighted by atomic mass is 10.0. The lowest BCUT2D eigenvalue weighted by Crippen LogP contribution is -2.30. The van der Waals surface area contributed by atoms with Crippen molar-refractivity contribution in [2.24, 2.45) is 5.92 Å². The Bertz CT molecular complexity index is 128. The Kier molecular flexibility index (Phi) is 2.84. The molecule has 0 aromatic heterocycles. The fourth-order valence-electron chi connectivity index (χ4n) is 1.55. The van der Waals surface area contributed by atoms with Crippen LogP contribution >= 0.6 is 0 Å². The van der Waals surface area contributed by atoms with Crippen LogP contribution in [0.5, 0.6) is 0 Å². The van der Waals surface area contributed by atoms with Crippen molar-refractivity contribution in [3.8, 4) is 0 Å². The van der Waals surface area contributed by atoms with Crippen molar-refractivity contribution in [2.45, 2.75) is 31.2 Å². The van der Waals surface area contributed by atoms with Crippen LogP contribution < -0.4 is 0 Å². The van der Waals surface area contributed by atoms with E-state index in [1.165, 1.54) is 0 Å². The summed E-state index contributed by atoms with van der Waals surface area (Å²) in [4.78, 5) is 0. The van der Waals surface area contributed by atoms with Gasteiger partial charge >= 0.3 is 0 Å². The van der Waals surface area contributed by atoms with Crippen molar-refractivity contribution >= 4 is 0 Å². The van der Waals surface area contributed by atoms with Gasteiger partial charge in [0, 0.05) is 6.61 Å². The Hall–Kier alpha value is -0.160. The van der Waals surface area contributed by atoms with Gasteiger partial charge in [-0.15, -0.1) is 0 Å². The molecule has 0 aromatic carbocycles. The van der Waals surface area contributed by atoms with Gasteiger partial charge in [-0.1, -0.05) is 0 Å². The molecule has 4 nitrogen and oxygen atoms in total. The second-order valence-electron chi connectivity index (χ2n) is 3.06. The van der Waals surface area contributed by atoms with E-state index >= 15 is 0 Å². The second-order valence-corrected chi connectivity index (χ2v) is 3.06. The van der Waals surface area contributed by atoms with Gasteiger partial charge in [-0.05, 0) is 18.8 Å². The average Bonchev–Trinajstić information content (AvgIpc) is 2.19. The highest BCUT2D eigenvalue weighted by Gasteiger charge is 2.39. The molecule has 1 rings (SSSR count). The van der Waals surface area contributed by atoms with Gasteiger partial charge in [0.1, 0.15) is 6.10 Å². The summed E-state index contributed by atoms with van der Waals surface area (Å²) in [7, 11) is 0. The maximum Gasteiger partial charge on any atom is 0.106 e. The highest BCUT2D eigenvalue weighted by molar-refractivity contribution is 4.90. The van der Waals surface area contributed by atoms with Gasteiger partial charge < -0.3 is 20.4 Å². The Balaban J connectivity index is 2.45. The molecule has 11 heavy (non-hydrogen) atoms. The number of hydrogen-bond donors (Lipinski definition) is 4. The van der Waals surface area contributed by atoms with Crippen molar-refractivity contribution in [3.05, 3.63) is 0 Å². The van der Waals surface area contributed by atoms with Gasteiger partial charge in [-0.3, -0.25) is 0 Å². The summed E-state index contributed by atoms with van der Waals surface area (Å²) in [6.45, 7) is -0.0127. The zero-order chi connectivity index (χ0) is 8.43. The smallest absolute Gasteiger partial charge is 0.106 e. The molecule has 0 bridgehead atoms. The minimum absolute atomic E-state index is 0.0127. The summed E-state index contributed by atoms with van der Waals surface area (Å²) in [6, 6.07) is 0. The van der Waals surface area contributed by atoms with Crippen LogP contribution in [0.1, 0.15) is 12.8 Å². The summed E-state index contributed by atoms with van der Waals surface area (Å²) >= 11 is 0. The van der Waals surface area contributed by atoms with Crippen LogP contribution in [-0.2, 0) is 0 Å². The van der Waals surface area contributed by atoms with Crippen LogP contribution in [0.15, 0.2) is 0 Å². The Morgan fingerprint density at radius 3 is 2.09 bits per heavy atom. The fraction of sp³-hybridized carbons (Fsp3) is 1.00. The number of hydrogen-bond acceptors (Lipinski definition) is 4. The van der Waals surface area contributed by atoms with Gasteiger partial charge in [-0.2, -0.15) is 0 Å². The minimum atomic E-state index is -1.04. The standard InChI is InChI=1S/C7H14O4/c8-2-1-4-3-5(9)7(11)6(4)10/h4-11H,1-3H2/t4-,5-,6+,7+/m0/s1. The molecule has 0 aliphatic heterocycles. The van der Waals surface area contributed by atoms with E-state index in [-0.39, 0.29) is 12.5 Å². The van der Waals surface area contributed by atoms with Crippen LogP contribution in [0.3, 0.4) is 0 Å². The normalized spacial score (nSPS) is 44.7. The van der Waals surface area contributed by atoms with E-state index in [4.69, 9.17) is 15.3 Å². The number of rotatable bonds is 2. The molecule has 0 heterocycles. The minimum Gasteiger partial charge on any atom is -0.396 e. The zero-order valence-corrected chi connectivity index (χ0v) is 6.22. The van der Waals surface area contributed by atoms with E-state index < -0.39 is 18.3 Å². The van der Waals surface area contributed by atoms with E-state index in [9.17, 15) is 5.11 Å². The van der Waals surface area contributed by atoms with Crippen LogP contribution in [0, 0.1) is 5.92 Å². The predicted octanol–water partition coefficient (Wildman–Crippen LogP) is -1.53. The third kappa shape index (κ3) is 1.70. The molecular weight excluding hydrogens is 148 g/mol. The van der Waals surface area contributed by atoms with Crippen LogP contribution in [0.25, 0.3) is 0 Å². The van der Waals surface area contributed by atoms with E-state index in [0.29, 0.717) is 12.8 Å². The summed E-state index contributed by atoms with van der Waals surface area (Å²) in [5, 5.41) is 35.9. The highest BCUT2D eigenvalue weighted by Crippen LogP contribution is 2.28. The van der Waals surface area contributed by atoms with Gasteiger partial charge in [-0.25, -0.2) is 0 Å². The van der Waals surface area contributed by atoms with E-state index in [1.807, 2.05) is 0 Å². The fourth-order valence-corrected chi connectivity index (χ4v) is 1.55. The van der Waals surface area contributed by atoms with Crippen LogP contribution in [0.4, 0.5) is 0 Å². The number of aliphatic hydroxyl groups is 4. The van der Waals surface area contributed by atoms with Crippen molar-refractivity contribution in [2.75, 3.05) is 6.61 Å². The van der Waals surface area contributed by atoms with Crippen molar-refractivity contribution in [1.82, 2.24) is 0 Å². The van der Waals surface area contributed by atoms with E-state index in [2.05, 4.69) is 0 Å². The monoisotopic (exact) mass is 162 g/mol. The molecule has 0 saturated heterocycles. The summed E-state index contributed by atoms with van der Waals surface area (Å²) < 4.78 is 0. The zero-order valence-electron chi connectivity index (χ0n) is 6.22. The Morgan fingerprint density at radius 2 is 1.73 bits per heavy atom. The van der Waals surface area contributed by atoms with Crippen LogP contribution in [0.2, 0.25) is 0 Å². The molecule has 0 amide bonds. The first-order valence-electron chi connectivity index (χ1n) is 3.82. The molecule has 1 aliphatic carbocycles. The Labute approximate surface area is 65.1 Å². The van der Waals surface area contributed by atoms with Gasteiger partial charge in [0.15, 0.2) is 0 Å². The molecule has 1 saturated carbocycles. The quantitative estimate of drug-likeness (QED) is 0.397. The SMILES string of the molecule is OCC[C@H]1C[C@H](O)[C@@H](O)[C@@H]1O. The molecule has 0 radical (unpaired) electrons. The highest BCUT2D eigenvalue weighted by atomic mass is 16.4. The first-order chi connectivity index (χ1) is 5.16. The lowest BCUT2D eigenvalue weighted by Gasteiger charge is -2.14. The molecule has 0 aromatic rings. The van der Waals surface area contributed by atoms with Crippen LogP contribution in [-0.4, -0.2) is 45.3 Å². The molecular formula is C7H14O4. The Morgan fingerprint density at radius 1 is 1.09 bits per heavy atom. The van der Waals surface area contributed by atoms with Gasteiger partial charge in [0.05, 0.1) is 12.2 Å². The second kappa shape index (κ2) is 3.49. The maximum absolute atomic E-state index is 9.24. The van der Waals surface area contributed by atoms with Gasteiger partial charge in [0.25, 0.3) is 0 Å². The first-order valence-corrected chi connectivity index (χ1v) is 3.82. The molecule has 1 fully saturated rings. The topological polar surface area (TPSA) is 80.9 Å². The molecule has 4 N–H and O–H groups in total. The maximum atomic E-state index is 9.24. The van der Waals surface area contributed by atoms with Crippen molar-refractivity contribution in [1.29, 1.82) is 0 Å². The molecule has 1 aliphatic rings. The largest absolute Gasteiger partial charge is 0.396 e. The summed E-state index contributed by atoms with van der Waals surface area (Å²) in [5.41, 5.74) is 0. The summed E-state index contributed by atoms with van der Waals surface area (Å²) in [5.74, 6) is -0.162. The molecule has 0 unspecified atom stereocenters. The third-order valence-corrected chi connectivity index (χ3v) is 2.27. The van der Waals surface area contributed by atoms with E-state index in [1.54, 1.807) is 0 Å². The lowest BCUT2D eigenvalue weighted by molar-refractivity contribution is -0.0274. The third-order valence-electron chi connectivity index (χ3n) is 2.27. The molecule has 4 atom stereocenters. The average molecular weight is 162 g/mol. The number of aliphatic hydroxyl groups excluding tert-OH is 4. The predicted molar refractivity (Wildman–Crippen MR) is 37.8 cm³/mol. The summed E-state index contributed by atoms with van der Waals surface area (Å²) in [6.07, 6.45) is -1.93. The van der Waals surface area contributed by atoms with Crippen molar-refractivity contribution < 1.29 is 20.4 Å². The molecule has 4 heteroatoms. The van der Waals surface area contributed by atoms with Gasteiger partial charge in [0.2, 0.25) is 0 Å². The molecule has 0 spiro atoms. The first kappa shape index (κ1) is 8.93. The van der Waals surface area contributed by atoms with Crippen molar-refractivity contribution in [3.63, 3.8) is 0 Å². The van der Waals surface area contributed by atoms with E-state index in [0.717, 1.165) is 0 Å². The molecule has 66 valence electrons.